The summed E-state index contributed by atoms with van der Waals surface area (Å²) in [6.07, 6.45) is 6.27. The highest BCUT2D eigenvalue weighted by Gasteiger charge is 2.65. The topological polar surface area (TPSA) is 122 Å². The number of rotatable bonds is 7. The van der Waals surface area contributed by atoms with E-state index >= 15 is 0 Å². The quantitative estimate of drug-likeness (QED) is 0.312. The van der Waals surface area contributed by atoms with Gasteiger partial charge in [0.1, 0.15) is 11.4 Å². The van der Waals surface area contributed by atoms with Gasteiger partial charge in [-0.1, -0.05) is 40.2 Å². The molecular weight excluding hydrogens is 578 g/mol. The predicted molar refractivity (Wildman–Crippen MR) is 169 cm³/mol. The van der Waals surface area contributed by atoms with E-state index in [0.29, 0.717) is 29.4 Å². The van der Waals surface area contributed by atoms with E-state index in [1.807, 2.05) is 20.8 Å². The van der Waals surface area contributed by atoms with Crippen LogP contribution in [0.4, 0.5) is 4.79 Å². The van der Waals surface area contributed by atoms with Crippen molar-refractivity contribution in [2.75, 3.05) is 6.61 Å². The van der Waals surface area contributed by atoms with Gasteiger partial charge in [-0.2, -0.15) is 0 Å². The van der Waals surface area contributed by atoms with Gasteiger partial charge in [0.25, 0.3) is 10.0 Å². The van der Waals surface area contributed by atoms with Crippen LogP contribution in [0.2, 0.25) is 0 Å². The van der Waals surface area contributed by atoms with Crippen molar-refractivity contribution in [3.05, 3.63) is 24.3 Å². The van der Waals surface area contributed by atoms with Crippen molar-refractivity contribution in [1.29, 1.82) is 0 Å². The number of carbonyl (C=O) groups is 1. The SMILES string of the molecule is CC[C@H]1[C@@H](O)[C@@H]2[C@H](CC[C@]3(C)[C@@H]([C@H](C)COC(=O)NS(=O)(=O)c4cccc(OC(C)(C)C)c4)CC[C@@H]23)[C@@]2(C)CC[C@@H](O)C[C@@H]12. The van der Waals surface area contributed by atoms with Gasteiger partial charge in [-0.3, -0.25) is 0 Å². The molecule has 4 saturated carbocycles. The third-order valence-electron chi connectivity index (χ3n) is 12.4. The molecule has 0 aromatic heterocycles. The number of carbonyl (C=O) groups excluding carboxylic acids is 1. The van der Waals surface area contributed by atoms with E-state index in [9.17, 15) is 23.4 Å². The van der Waals surface area contributed by atoms with E-state index in [0.717, 1.165) is 51.4 Å². The van der Waals surface area contributed by atoms with Crippen molar-refractivity contribution in [3.63, 3.8) is 0 Å². The summed E-state index contributed by atoms with van der Waals surface area (Å²) in [4.78, 5) is 12.7. The van der Waals surface area contributed by atoms with Gasteiger partial charge in [-0.25, -0.2) is 17.9 Å². The highest BCUT2D eigenvalue weighted by Crippen LogP contribution is 2.69. The molecule has 4 fully saturated rings. The van der Waals surface area contributed by atoms with E-state index in [1.54, 1.807) is 12.1 Å². The molecule has 248 valence electrons. The Balaban J connectivity index is 1.24. The Kier molecular flexibility index (Phi) is 9.20. The van der Waals surface area contributed by atoms with E-state index in [4.69, 9.17) is 9.47 Å². The lowest BCUT2D eigenvalue weighted by atomic mass is 9.41. The first-order chi connectivity index (χ1) is 20.5. The second-order valence-corrected chi connectivity index (χ2v) is 17.7. The van der Waals surface area contributed by atoms with Crippen LogP contribution in [0.1, 0.15) is 99.8 Å². The molecule has 0 bridgehead atoms. The molecular formula is C35H55NO7S. The molecule has 8 nitrogen and oxygen atoms in total. The second kappa shape index (κ2) is 12.1. The Bertz CT molecular complexity index is 1310. The van der Waals surface area contributed by atoms with Crippen molar-refractivity contribution in [1.82, 2.24) is 4.72 Å². The molecule has 1 amide bonds. The molecule has 0 unspecified atom stereocenters. The zero-order valence-electron chi connectivity index (χ0n) is 27.7. The molecule has 0 saturated heterocycles. The summed E-state index contributed by atoms with van der Waals surface area (Å²) in [6, 6.07) is 6.09. The van der Waals surface area contributed by atoms with Crippen molar-refractivity contribution in [2.24, 2.45) is 52.3 Å². The molecule has 11 atom stereocenters. The molecule has 3 N–H and O–H groups in total. The van der Waals surface area contributed by atoms with Crippen LogP contribution in [0, 0.1) is 52.3 Å². The maximum Gasteiger partial charge on any atom is 0.421 e. The van der Waals surface area contributed by atoms with Crippen molar-refractivity contribution < 1.29 is 32.9 Å². The van der Waals surface area contributed by atoms with Gasteiger partial charge < -0.3 is 19.7 Å². The zero-order chi connectivity index (χ0) is 32.2. The monoisotopic (exact) mass is 633 g/mol. The minimum absolute atomic E-state index is 0.0244. The van der Waals surface area contributed by atoms with Crippen LogP contribution in [-0.2, 0) is 14.8 Å². The van der Waals surface area contributed by atoms with Crippen molar-refractivity contribution in [2.45, 2.75) is 123 Å². The Morgan fingerprint density at radius 1 is 1.05 bits per heavy atom. The fraction of sp³-hybridized carbons (Fsp3) is 0.800. The molecule has 0 spiro atoms. The third kappa shape index (κ3) is 6.14. The number of hydrogen-bond donors (Lipinski definition) is 3. The fourth-order valence-corrected chi connectivity index (χ4v) is 11.4. The van der Waals surface area contributed by atoms with Crippen molar-refractivity contribution >= 4 is 16.1 Å². The summed E-state index contributed by atoms with van der Waals surface area (Å²) in [6.45, 7) is 14.9. The van der Waals surface area contributed by atoms with E-state index in [2.05, 4.69) is 32.4 Å². The number of nitrogens with one attached hydrogen (secondary N) is 1. The molecule has 0 radical (unpaired) electrons. The van der Waals surface area contributed by atoms with E-state index in [-0.39, 0.29) is 52.3 Å². The molecule has 0 heterocycles. The Labute approximate surface area is 264 Å². The number of fused-ring (bicyclic) bond motifs is 5. The normalized spacial score (nSPS) is 39.4. The molecule has 5 rings (SSSR count). The molecule has 4 aliphatic carbocycles. The van der Waals surface area contributed by atoms with Gasteiger partial charge in [-0.15, -0.1) is 0 Å². The first kappa shape index (κ1) is 33.5. The van der Waals surface area contributed by atoms with Crippen LogP contribution in [0.5, 0.6) is 5.75 Å². The minimum atomic E-state index is -4.13. The van der Waals surface area contributed by atoms with Gasteiger partial charge in [0.15, 0.2) is 0 Å². The summed E-state index contributed by atoms with van der Waals surface area (Å²) in [5, 5.41) is 22.5. The summed E-state index contributed by atoms with van der Waals surface area (Å²) in [5.41, 5.74) is -0.316. The highest BCUT2D eigenvalue weighted by atomic mass is 32.2. The van der Waals surface area contributed by atoms with Crippen LogP contribution in [0.25, 0.3) is 0 Å². The number of aliphatic hydroxyl groups excluding tert-OH is 2. The Hall–Kier alpha value is -1.84. The standard InChI is InChI=1S/C35H55NO7S/c1-8-25-29-18-22(37)14-16-35(29,7)28-15-17-34(6)26(12-13-27(34)30(28)31(25)38)21(2)20-42-32(39)36-44(40,41)24-11-9-10-23(19-24)43-33(3,4)5/h9-11,19,21-22,25-31,37-38H,8,12-18,20H2,1-7H3,(H,36,39)/t21-,22-,25-,26-,27+,28+,29+,30+,31-,34-,35-/m1/s1. The summed E-state index contributed by atoms with van der Waals surface area (Å²) >= 11 is 0. The fourth-order valence-electron chi connectivity index (χ4n) is 10.5. The molecule has 44 heavy (non-hydrogen) atoms. The first-order valence-corrected chi connectivity index (χ1v) is 18.3. The van der Waals surface area contributed by atoms with Crippen LogP contribution in [0.15, 0.2) is 29.2 Å². The average molecular weight is 634 g/mol. The smallest absolute Gasteiger partial charge is 0.421 e. The molecule has 1 aromatic rings. The lowest BCUT2D eigenvalue weighted by molar-refractivity contribution is -0.203. The van der Waals surface area contributed by atoms with Gasteiger partial charge >= 0.3 is 6.09 Å². The number of amides is 1. The number of hydrogen-bond acceptors (Lipinski definition) is 7. The number of benzene rings is 1. The summed E-state index contributed by atoms with van der Waals surface area (Å²) < 4.78 is 39.3. The third-order valence-corrected chi connectivity index (χ3v) is 13.7. The Morgan fingerprint density at radius 3 is 2.41 bits per heavy atom. The maximum atomic E-state index is 13.0. The number of ether oxygens (including phenoxy) is 2. The van der Waals surface area contributed by atoms with Crippen molar-refractivity contribution in [3.8, 4) is 5.75 Å². The Morgan fingerprint density at radius 2 is 1.73 bits per heavy atom. The lowest BCUT2D eigenvalue weighted by Crippen LogP contribution is -2.62. The van der Waals surface area contributed by atoms with Crippen LogP contribution in [0.3, 0.4) is 0 Å². The summed E-state index contributed by atoms with van der Waals surface area (Å²) in [7, 11) is -4.13. The van der Waals surface area contributed by atoms with Crippen LogP contribution < -0.4 is 9.46 Å². The van der Waals surface area contributed by atoms with Gasteiger partial charge in [0.05, 0.1) is 23.7 Å². The average Bonchev–Trinajstić information content (AvgIpc) is 3.29. The maximum absolute atomic E-state index is 13.0. The van der Waals surface area contributed by atoms with Crippen LogP contribution in [-0.4, -0.2) is 49.1 Å². The second-order valence-electron chi connectivity index (χ2n) is 16.0. The summed E-state index contributed by atoms with van der Waals surface area (Å²) in [5.74, 6) is 2.46. The highest BCUT2D eigenvalue weighted by molar-refractivity contribution is 7.90. The van der Waals surface area contributed by atoms with Gasteiger partial charge in [0.2, 0.25) is 0 Å². The van der Waals surface area contributed by atoms with E-state index < -0.39 is 21.7 Å². The largest absolute Gasteiger partial charge is 0.488 e. The molecule has 9 heteroatoms. The molecule has 1 aromatic carbocycles. The molecule has 0 aliphatic heterocycles. The number of aliphatic hydroxyl groups is 2. The van der Waals surface area contributed by atoms with Gasteiger partial charge in [-0.05, 0) is 130 Å². The predicted octanol–water partition coefficient (Wildman–Crippen LogP) is 6.54. The van der Waals surface area contributed by atoms with Gasteiger partial charge in [0, 0.05) is 6.07 Å². The first-order valence-electron chi connectivity index (χ1n) is 16.8. The zero-order valence-corrected chi connectivity index (χ0v) is 28.5. The van der Waals surface area contributed by atoms with Crippen LogP contribution >= 0.6 is 0 Å². The van der Waals surface area contributed by atoms with E-state index in [1.165, 1.54) is 12.1 Å². The number of sulfonamides is 1. The molecule has 4 aliphatic rings. The lowest BCUT2D eigenvalue weighted by Gasteiger charge is -2.64. The minimum Gasteiger partial charge on any atom is -0.488 e.